The van der Waals surface area contributed by atoms with Crippen molar-refractivity contribution in [3.63, 3.8) is 0 Å². The molecule has 0 saturated carbocycles. The molecule has 4 aromatic carbocycles. The fourth-order valence-electron chi connectivity index (χ4n) is 4.49. The van der Waals surface area contributed by atoms with Crippen LogP contribution in [0.15, 0.2) is 103 Å². The normalized spacial score (nSPS) is 10.8. The second-order valence-corrected chi connectivity index (χ2v) is 10.1. The largest absolute Gasteiger partial charge is 0.435 e. The number of hydrogen-bond donors (Lipinski definition) is 2. The zero-order valence-electron chi connectivity index (χ0n) is 25.3. The van der Waals surface area contributed by atoms with Crippen LogP contribution in [0, 0.1) is 0 Å². The van der Waals surface area contributed by atoms with Crippen molar-refractivity contribution in [2.45, 2.75) is 39.7 Å². The number of nitrogens with two attached hydrogens (primary N) is 1. The summed E-state index contributed by atoms with van der Waals surface area (Å²) < 4.78 is 58.6. The van der Waals surface area contributed by atoms with E-state index < -0.39 is 13.2 Å². The Morgan fingerprint density at radius 3 is 1.52 bits per heavy atom. The minimum atomic E-state index is -2.83. The maximum absolute atomic E-state index is 12.3. The Balaban J connectivity index is 0.000000230. The molecule has 1 heterocycles. The van der Waals surface area contributed by atoms with E-state index in [0.29, 0.717) is 18.8 Å². The van der Waals surface area contributed by atoms with Gasteiger partial charge in [0.2, 0.25) is 0 Å². The number of ether oxygens (including phenoxy) is 2. The Bertz CT molecular complexity index is 1670. The van der Waals surface area contributed by atoms with Crippen LogP contribution in [0.25, 0.3) is 22.3 Å². The summed E-state index contributed by atoms with van der Waals surface area (Å²) >= 11 is 0. The Morgan fingerprint density at radius 1 is 0.739 bits per heavy atom. The van der Waals surface area contributed by atoms with Gasteiger partial charge in [0.25, 0.3) is 5.91 Å². The fourth-order valence-corrected chi connectivity index (χ4v) is 4.49. The highest BCUT2D eigenvalue weighted by Gasteiger charge is 2.12. The lowest BCUT2D eigenvalue weighted by molar-refractivity contribution is -0.0505. The van der Waals surface area contributed by atoms with Gasteiger partial charge in [-0.1, -0.05) is 79.7 Å². The fraction of sp³-hybridized carbons (Fsp3) is 0.200. The molecule has 0 aliphatic rings. The molecule has 11 heteroatoms. The van der Waals surface area contributed by atoms with Gasteiger partial charge in [0, 0.05) is 20.1 Å². The molecule has 5 rings (SSSR count). The first-order valence-corrected chi connectivity index (χ1v) is 14.4. The summed E-state index contributed by atoms with van der Waals surface area (Å²) in [6.07, 6.45) is 0.776. The lowest BCUT2D eigenvalue weighted by Crippen LogP contribution is -2.25. The van der Waals surface area contributed by atoms with E-state index in [4.69, 9.17) is 5.73 Å². The van der Waals surface area contributed by atoms with E-state index in [9.17, 15) is 22.4 Å². The van der Waals surface area contributed by atoms with Crippen LogP contribution in [0.4, 0.5) is 17.6 Å². The van der Waals surface area contributed by atoms with Crippen LogP contribution in [0.1, 0.15) is 34.2 Å². The van der Waals surface area contributed by atoms with Gasteiger partial charge in [-0.3, -0.25) is 9.48 Å². The zero-order chi connectivity index (χ0) is 33.1. The van der Waals surface area contributed by atoms with Gasteiger partial charge >= 0.3 is 13.2 Å². The number of halogens is 4. The van der Waals surface area contributed by atoms with Crippen LogP contribution in [0.5, 0.6) is 11.5 Å². The predicted molar refractivity (Wildman–Crippen MR) is 169 cm³/mol. The van der Waals surface area contributed by atoms with Crippen molar-refractivity contribution in [2.24, 2.45) is 12.8 Å². The third-order valence-corrected chi connectivity index (χ3v) is 6.95. The van der Waals surface area contributed by atoms with Crippen LogP contribution in [0.3, 0.4) is 0 Å². The summed E-state index contributed by atoms with van der Waals surface area (Å²) in [5.41, 5.74) is 12.7. The second-order valence-electron chi connectivity index (χ2n) is 10.1. The highest BCUT2D eigenvalue weighted by Crippen LogP contribution is 2.25. The van der Waals surface area contributed by atoms with E-state index >= 15 is 0 Å². The third kappa shape index (κ3) is 9.67. The zero-order valence-corrected chi connectivity index (χ0v) is 25.3. The number of benzene rings is 4. The van der Waals surface area contributed by atoms with Gasteiger partial charge in [-0.15, -0.1) is 0 Å². The number of carbonyl (C=O) groups is 1. The maximum atomic E-state index is 12.3. The molecule has 7 nitrogen and oxygen atoms in total. The van der Waals surface area contributed by atoms with Crippen molar-refractivity contribution in [2.75, 3.05) is 0 Å². The summed E-state index contributed by atoms with van der Waals surface area (Å²) in [6, 6.07) is 30.3. The van der Waals surface area contributed by atoms with E-state index in [0.717, 1.165) is 45.5 Å². The van der Waals surface area contributed by atoms with Gasteiger partial charge in [-0.05, 0) is 70.1 Å². The third-order valence-electron chi connectivity index (χ3n) is 6.95. The van der Waals surface area contributed by atoms with Crippen molar-refractivity contribution in [3.05, 3.63) is 126 Å². The van der Waals surface area contributed by atoms with Crippen LogP contribution < -0.4 is 20.5 Å². The van der Waals surface area contributed by atoms with Crippen LogP contribution >= 0.6 is 0 Å². The summed E-state index contributed by atoms with van der Waals surface area (Å²) in [5, 5.41) is 7.17. The number of aryl methyl sites for hydroxylation is 2. The van der Waals surface area contributed by atoms with Crippen LogP contribution in [-0.4, -0.2) is 28.9 Å². The number of nitrogens with zero attached hydrogens (tertiary/aromatic N) is 2. The van der Waals surface area contributed by atoms with Gasteiger partial charge < -0.3 is 20.5 Å². The van der Waals surface area contributed by atoms with E-state index in [-0.39, 0.29) is 17.4 Å². The minimum absolute atomic E-state index is 0.125. The Labute approximate surface area is 264 Å². The van der Waals surface area contributed by atoms with Crippen molar-refractivity contribution < 1.29 is 31.8 Å². The molecule has 0 unspecified atom stereocenters. The van der Waals surface area contributed by atoms with Gasteiger partial charge in [0.15, 0.2) is 0 Å². The van der Waals surface area contributed by atoms with Gasteiger partial charge in [-0.25, -0.2) is 0 Å². The number of nitrogens with one attached hydrogen (secondary N) is 1. The number of aromatic nitrogens is 2. The number of carbonyl (C=O) groups excluding carboxylic acids is 1. The van der Waals surface area contributed by atoms with E-state index in [1.807, 2.05) is 55.5 Å². The molecule has 1 aromatic heterocycles. The minimum Gasteiger partial charge on any atom is -0.435 e. The highest BCUT2D eigenvalue weighted by molar-refractivity contribution is 5.92. The molecule has 0 aliphatic heterocycles. The second kappa shape index (κ2) is 16.2. The van der Waals surface area contributed by atoms with Gasteiger partial charge in [-0.2, -0.15) is 22.7 Å². The number of hydrogen-bond acceptors (Lipinski definition) is 5. The standard InChI is InChI=1S/C21H21F2N3O2.C14H13F2NO/c1-3-17-12-19(26(2)25-17)20(27)24-13-14-4-6-15(7-5-14)16-8-10-18(11-9-16)28-21(22)23;15-14(16)18-13-7-5-12(6-8-13)11-3-1-10(9-17)2-4-11/h4-12,21H,3,13H2,1-2H3,(H,24,27);1-8,14H,9,17H2. The van der Waals surface area contributed by atoms with Crippen LogP contribution in [-0.2, 0) is 26.6 Å². The molecule has 0 aliphatic carbocycles. The summed E-state index contributed by atoms with van der Waals surface area (Å²) in [7, 11) is 1.75. The molecule has 0 fully saturated rings. The van der Waals surface area contributed by atoms with Crippen molar-refractivity contribution >= 4 is 5.91 Å². The quantitative estimate of drug-likeness (QED) is 0.146. The lowest BCUT2D eigenvalue weighted by atomic mass is 10.0. The van der Waals surface area contributed by atoms with Crippen molar-refractivity contribution in [1.82, 2.24) is 15.1 Å². The summed E-state index contributed by atoms with van der Waals surface area (Å²) in [4.78, 5) is 12.3. The first kappa shape index (κ1) is 33.7. The average molecular weight is 635 g/mol. The smallest absolute Gasteiger partial charge is 0.387 e. The first-order chi connectivity index (χ1) is 22.1. The number of alkyl halides is 4. The van der Waals surface area contributed by atoms with E-state index in [1.54, 1.807) is 42.1 Å². The maximum Gasteiger partial charge on any atom is 0.387 e. The topological polar surface area (TPSA) is 91.4 Å². The Morgan fingerprint density at radius 2 is 1.15 bits per heavy atom. The molecule has 1 amide bonds. The Kier molecular flexibility index (Phi) is 11.9. The lowest BCUT2D eigenvalue weighted by Gasteiger charge is -2.08. The molecule has 0 saturated heterocycles. The molecule has 5 aromatic rings. The number of rotatable bonds is 11. The van der Waals surface area contributed by atoms with E-state index in [1.165, 1.54) is 24.3 Å². The van der Waals surface area contributed by atoms with E-state index in [2.05, 4.69) is 19.9 Å². The molecule has 0 atom stereocenters. The SMILES string of the molecule is CCc1cc(C(=O)NCc2ccc(-c3ccc(OC(F)F)cc3)cc2)n(C)n1.NCc1ccc(-c2ccc(OC(F)F)cc2)cc1. The summed E-state index contributed by atoms with van der Waals surface area (Å²) in [5.74, 6) is 0.111. The van der Waals surface area contributed by atoms with Crippen molar-refractivity contribution in [1.29, 1.82) is 0 Å². The average Bonchev–Trinajstić information content (AvgIpc) is 3.45. The molecule has 3 N–H and O–H groups in total. The summed E-state index contributed by atoms with van der Waals surface area (Å²) in [6.45, 7) is -2.74. The predicted octanol–water partition coefficient (Wildman–Crippen LogP) is 7.59. The van der Waals surface area contributed by atoms with Crippen molar-refractivity contribution in [3.8, 4) is 33.8 Å². The molecule has 240 valence electrons. The molecular formula is C35H34F4N4O3. The Hall–Kier alpha value is -5.16. The number of amides is 1. The first-order valence-electron chi connectivity index (χ1n) is 14.4. The molecule has 0 spiro atoms. The highest BCUT2D eigenvalue weighted by atomic mass is 19.3. The molecule has 46 heavy (non-hydrogen) atoms. The van der Waals surface area contributed by atoms with Gasteiger partial charge in [0.1, 0.15) is 17.2 Å². The monoisotopic (exact) mass is 634 g/mol. The van der Waals surface area contributed by atoms with Gasteiger partial charge in [0.05, 0.1) is 5.69 Å². The molecular weight excluding hydrogens is 600 g/mol. The molecule has 0 bridgehead atoms. The van der Waals surface area contributed by atoms with Crippen LogP contribution in [0.2, 0.25) is 0 Å². The molecule has 0 radical (unpaired) electrons.